The molecular formula is C45H35B5N2. The summed E-state index contributed by atoms with van der Waals surface area (Å²) < 4.78 is 2.40. The van der Waals surface area contributed by atoms with E-state index >= 15 is 0 Å². The van der Waals surface area contributed by atoms with Crippen LogP contribution in [0.1, 0.15) is 5.82 Å². The number of hydrogen-bond donors (Lipinski definition) is 0. The molecule has 2 nitrogen and oxygen atoms in total. The maximum atomic E-state index is 5.29. The van der Waals surface area contributed by atoms with Crippen LogP contribution in [0.25, 0.3) is 93.5 Å². The highest BCUT2D eigenvalue weighted by atomic mass is 15.1. The van der Waals surface area contributed by atoms with Crippen LogP contribution in [0.4, 0.5) is 0 Å². The number of hydrogen-bond acceptors (Lipinski definition) is 1. The van der Waals surface area contributed by atoms with Gasteiger partial charge in [0.05, 0.1) is 34.6 Å². The van der Waals surface area contributed by atoms with Gasteiger partial charge in [-0.2, -0.15) is 0 Å². The van der Waals surface area contributed by atoms with Crippen LogP contribution in [0.3, 0.4) is 0 Å². The first-order chi connectivity index (χ1) is 25.2. The Labute approximate surface area is 309 Å². The van der Waals surface area contributed by atoms with Gasteiger partial charge in [0.15, 0.2) is 0 Å². The number of aromatic nitrogens is 2. The van der Waals surface area contributed by atoms with Crippen molar-refractivity contribution in [1.82, 2.24) is 9.55 Å². The second kappa shape index (κ2) is 11.2. The molecule has 1 heterocycles. The summed E-state index contributed by atoms with van der Waals surface area (Å²) in [6.07, 6.45) is 0. The molecule has 0 fully saturated rings. The van der Waals surface area contributed by atoms with Gasteiger partial charge < -0.3 is 0 Å². The van der Waals surface area contributed by atoms with Gasteiger partial charge >= 0.3 is 0 Å². The molecule has 0 spiro atoms. The van der Waals surface area contributed by atoms with Gasteiger partial charge in [-0.05, 0) is 106 Å². The minimum Gasteiger partial charge on any atom is -0.297 e. The summed E-state index contributed by atoms with van der Waals surface area (Å²) in [6.45, 7) is 0. The normalized spacial score (nSPS) is 12.6. The predicted octanol–water partition coefficient (Wildman–Crippen LogP) is 6.86. The standard InChI is InChI=1S/C45H35B5N2/c46-44(47,45(48,49)50)43-51-38-21-7-8-22-39(38)52(43)27-12-9-11-26(25-27)40-31-15-3-5-17-33(31)42(34-18-6-4-16-32(34)40)37-24-23-36-29-14-2-1-13-28(29)30-19-10-20-35(37)41(30)36/h1-25H,46-50H2. The van der Waals surface area contributed by atoms with Crippen molar-refractivity contribution in [2.24, 2.45) is 0 Å². The van der Waals surface area contributed by atoms with E-state index < -0.39 is 0 Å². The summed E-state index contributed by atoms with van der Waals surface area (Å²) in [5.74, 6) is 1.08. The molecule has 1 aliphatic carbocycles. The number of rotatable bonds is 5. The van der Waals surface area contributed by atoms with Crippen molar-refractivity contribution in [3.63, 3.8) is 0 Å². The average molecular weight is 658 g/mol. The van der Waals surface area contributed by atoms with Crippen molar-refractivity contribution in [2.45, 2.75) is 10.3 Å². The summed E-state index contributed by atoms with van der Waals surface area (Å²) in [5, 5.41) is 7.50. The van der Waals surface area contributed by atoms with Crippen LogP contribution in [-0.2, 0) is 5.21 Å². The third-order valence-electron chi connectivity index (χ3n) is 12.1. The highest BCUT2D eigenvalue weighted by Gasteiger charge is 2.38. The molecule has 0 unspecified atom stereocenters. The quantitative estimate of drug-likeness (QED) is 0.146. The van der Waals surface area contributed by atoms with Crippen molar-refractivity contribution in [1.29, 1.82) is 0 Å². The van der Waals surface area contributed by atoms with Gasteiger partial charge in [0.2, 0.25) is 0 Å². The fraction of sp³-hybridized carbons (Fsp3) is 0.0444. The number of para-hydroxylation sites is 2. The first-order valence-corrected chi connectivity index (χ1v) is 18.4. The van der Waals surface area contributed by atoms with E-state index in [-0.39, 0.29) is 10.3 Å². The number of nitrogens with zero attached hydrogens (tertiary/aromatic N) is 2. The Bertz CT molecular complexity index is 2850. The van der Waals surface area contributed by atoms with E-state index in [9.17, 15) is 0 Å². The Morgan fingerprint density at radius 1 is 0.442 bits per heavy atom. The lowest BCUT2D eigenvalue weighted by Crippen LogP contribution is -2.45. The van der Waals surface area contributed by atoms with Crippen LogP contribution >= 0.6 is 0 Å². The minimum atomic E-state index is -0.190. The molecule has 9 aromatic rings. The zero-order chi connectivity index (χ0) is 35.4. The molecule has 7 heteroatoms. The second-order valence-electron chi connectivity index (χ2n) is 16.0. The van der Waals surface area contributed by atoms with Crippen LogP contribution in [0, 0.1) is 0 Å². The predicted molar refractivity (Wildman–Crippen MR) is 236 cm³/mol. The van der Waals surface area contributed by atoms with Crippen LogP contribution in [0.5, 0.6) is 0 Å². The number of imidazole rings is 1. The van der Waals surface area contributed by atoms with Crippen LogP contribution < -0.4 is 0 Å². The molecule has 0 aliphatic heterocycles. The maximum Gasteiger partial charge on any atom is 0.106 e. The largest absolute Gasteiger partial charge is 0.297 e. The molecule has 1 aliphatic rings. The van der Waals surface area contributed by atoms with Gasteiger partial charge in [-0.1, -0.05) is 127 Å². The second-order valence-corrected chi connectivity index (χ2v) is 16.0. The average Bonchev–Trinajstić information content (AvgIpc) is 3.72. The molecule has 0 N–H and O–H groups in total. The molecule has 0 saturated carbocycles. The van der Waals surface area contributed by atoms with Crippen LogP contribution in [-0.4, -0.2) is 48.8 Å². The summed E-state index contributed by atoms with van der Waals surface area (Å²) in [7, 11) is 11.6. The smallest absolute Gasteiger partial charge is 0.106 e. The zero-order valence-corrected chi connectivity index (χ0v) is 30.3. The summed E-state index contributed by atoms with van der Waals surface area (Å²) in [5.41, 5.74) is 13.6. The number of benzene rings is 8. The van der Waals surface area contributed by atoms with E-state index in [1.807, 2.05) is 0 Å². The van der Waals surface area contributed by atoms with E-state index in [2.05, 4.69) is 195 Å². The van der Waals surface area contributed by atoms with Crippen LogP contribution in [0.2, 0.25) is 5.11 Å². The highest BCUT2D eigenvalue weighted by molar-refractivity contribution is 6.67. The Hall–Kier alpha value is -5.67. The Morgan fingerprint density at radius 3 is 1.63 bits per heavy atom. The summed E-state index contributed by atoms with van der Waals surface area (Å²) >= 11 is 0. The van der Waals surface area contributed by atoms with E-state index in [4.69, 9.17) is 4.98 Å². The minimum absolute atomic E-state index is 0.00259. The Kier molecular flexibility index (Phi) is 6.68. The summed E-state index contributed by atoms with van der Waals surface area (Å²) in [4.78, 5) is 5.29. The molecule has 0 saturated heterocycles. The first-order valence-electron chi connectivity index (χ1n) is 18.4. The first kappa shape index (κ1) is 31.1. The van der Waals surface area contributed by atoms with Gasteiger partial charge in [0.1, 0.15) is 21.5 Å². The van der Waals surface area contributed by atoms with E-state index in [0.29, 0.717) is 0 Å². The molecule has 8 aromatic carbocycles. The monoisotopic (exact) mass is 658 g/mol. The van der Waals surface area contributed by atoms with Gasteiger partial charge in [0, 0.05) is 5.69 Å². The van der Waals surface area contributed by atoms with Crippen molar-refractivity contribution in [3.8, 4) is 50.2 Å². The van der Waals surface area contributed by atoms with E-state index in [0.717, 1.165) is 22.5 Å². The van der Waals surface area contributed by atoms with Crippen molar-refractivity contribution < 1.29 is 0 Å². The Morgan fingerprint density at radius 2 is 0.962 bits per heavy atom. The van der Waals surface area contributed by atoms with Crippen LogP contribution in [0.15, 0.2) is 152 Å². The molecule has 0 atom stereocenters. The van der Waals surface area contributed by atoms with E-state index in [1.54, 1.807) is 0 Å². The van der Waals surface area contributed by atoms with E-state index in [1.165, 1.54) is 76.8 Å². The molecule has 240 valence electrons. The SMILES string of the molecule is BC(B)(B)C(B)(B)c1nc2ccccc2n1-c1cccc(-c2c3ccccc3c(-c3ccc4c5c(cccc35)-c3ccccc3-4)c3ccccc23)c1. The topological polar surface area (TPSA) is 17.8 Å². The highest BCUT2D eigenvalue weighted by Crippen LogP contribution is 2.52. The summed E-state index contributed by atoms with van der Waals surface area (Å²) in [6, 6.07) is 56.0. The van der Waals surface area contributed by atoms with Crippen molar-refractivity contribution >= 4 is 82.6 Å². The third kappa shape index (κ3) is 4.35. The zero-order valence-electron chi connectivity index (χ0n) is 30.3. The molecule has 0 amide bonds. The van der Waals surface area contributed by atoms with Gasteiger partial charge in [0.25, 0.3) is 0 Å². The van der Waals surface area contributed by atoms with Gasteiger partial charge in [-0.3, -0.25) is 4.57 Å². The lowest BCUT2D eigenvalue weighted by atomic mass is 9.23. The van der Waals surface area contributed by atoms with Crippen molar-refractivity contribution in [2.75, 3.05) is 0 Å². The molecular weight excluding hydrogens is 623 g/mol. The fourth-order valence-electron chi connectivity index (χ4n) is 8.60. The van der Waals surface area contributed by atoms with Gasteiger partial charge in [-0.25, -0.2) is 4.98 Å². The Balaban J connectivity index is 1.24. The lowest BCUT2D eigenvalue weighted by molar-refractivity contribution is 0.757. The molecule has 52 heavy (non-hydrogen) atoms. The van der Waals surface area contributed by atoms with Crippen molar-refractivity contribution in [3.05, 3.63) is 157 Å². The molecule has 0 radical (unpaired) electrons. The molecule has 0 bridgehead atoms. The maximum absolute atomic E-state index is 5.29. The fourth-order valence-corrected chi connectivity index (χ4v) is 8.60. The number of fused-ring (bicyclic) bond motifs is 6. The molecule has 10 rings (SSSR count). The van der Waals surface area contributed by atoms with Gasteiger partial charge in [-0.15, -0.1) is 5.11 Å². The molecule has 1 aromatic heterocycles. The third-order valence-corrected chi connectivity index (χ3v) is 12.1. The lowest BCUT2D eigenvalue weighted by Gasteiger charge is -2.39.